The summed E-state index contributed by atoms with van der Waals surface area (Å²) in [5, 5.41) is 8.69. The monoisotopic (exact) mass is 473 g/mol. The minimum absolute atomic E-state index is 0.196. The van der Waals surface area contributed by atoms with Gasteiger partial charge in [-0.15, -0.1) is 0 Å². The van der Waals surface area contributed by atoms with E-state index in [-0.39, 0.29) is 11.0 Å². The zero-order chi connectivity index (χ0) is 18.2. The number of rotatable bonds is 7. The molecule has 24 heavy (non-hydrogen) atoms. The van der Waals surface area contributed by atoms with E-state index in [2.05, 4.69) is 38.8 Å². The second-order valence-corrected chi connectivity index (χ2v) is 8.80. The Morgan fingerprint density at radius 2 is 1.83 bits per heavy atom. The van der Waals surface area contributed by atoms with Crippen molar-refractivity contribution >= 4 is 79.7 Å². The lowest BCUT2D eigenvalue weighted by Gasteiger charge is -2.27. The first-order chi connectivity index (χ1) is 11.2. The first-order valence-corrected chi connectivity index (χ1v) is 9.75. The number of halogens is 4. The minimum Gasteiger partial charge on any atom is -0.339 e. The molecular formula is C15H19BrCl3N3OS. The molecule has 0 spiro atoms. The van der Waals surface area contributed by atoms with Gasteiger partial charge >= 0.3 is 0 Å². The summed E-state index contributed by atoms with van der Waals surface area (Å²) in [7, 11) is 0. The molecule has 0 aliphatic heterocycles. The Morgan fingerprint density at radius 1 is 1.21 bits per heavy atom. The van der Waals surface area contributed by atoms with Crippen molar-refractivity contribution in [1.29, 1.82) is 0 Å². The highest BCUT2D eigenvalue weighted by atomic mass is 79.9. The number of thiocarbonyl (C=S) groups is 1. The lowest BCUT2D eigenvalue weighted by molar-refractivity contribution is -0.122. The van der Waals surface area contributed by atoms with Crippen LogP contribution in [0.4, 0.5) is 5.69 Å². The van der Waals surface area contributed by atoms with Gasteiger partial charge in [-0.05, 0) is 42.9 Å². The van der Waals surface area contributed by atoms with Gasteiger partial charge in [0.25, 0.3) is 0 Å². The van der Waals surface area contributed by atoms with E-state index in [0.717, 1.165) is 29.4 Å². The number of hydrogen-bond donors (Lipinski definition) is 3. The molecule has 1 unspecified atom stereocenters. The fourth-order valence-electron chi connectivity index (χ4n) is 1.80. The third kappa shape index (κ3) is 8.72. The maximum atomic E-state index is 12.0. The number of alkyl halides is 3. The number of nitrogens with one attached hydrogen (secondary N) is 3. The maximum Gasteiger partial charge on any atom is 0.228 e. The summed E-state index contributed by atoms with van der Waals surface area (Å²) >= 11 is 26.4. The van der Waals surface area contributed by atoms with Gasteiger partial charge in [-0.25, -0.2) is 0 Å². The van der Waals surface area contributed by atoms with Gasteiger partial charge in [0, 0.05) is 16.6 Å². The first kappa shape index (κ1) is 21.8. The summed E-state index contributed by atoms with van der Waals surface area (Å²) in [5.74, 6) is -0.196. The second-order valence-electron chi connectivity index (χ2n) is 5.10. The second kappa shape index (κ2) is 10.7. The topological polar surface area (TPSA) is 53.2 Å². The Balaban J connectivity index is 2.60. The van der Waals surface area contributed by atoms with Gasteiger partial charge in [0.15, 0.2) is 5.11 Å². The molecule has 0 aliphatic carbocycles. The Bertz CT molecular complexity index is 552. The van der Waals surface area contributed by atoms with Crippen LogP contribution in [-0.4, -0.2) is 21.0 Å². The molecule has 0 saturated heterocycles. The van der Waals surface area contributed by atoms with Crippen molar-refractivity contribution < 1.29 is 4.79 Å². The average molecular weight is 476 g/mol. The van der Waals surface area contributed by atoms with Gasteiger partial charge in [0.05, 0.1) is 0 Å². The van der Waals surface area contributed by atoms with Crippen molar-refractivity contribution in [2.75, 3.05) is 5.32 Å². The number of hydrogen-bond acceptors (Lipinski definition) is 2. The number of unbranched alkanes of at least 4 members (excludes halogenated alkanes) is 2. The van der Waals surface area contributed by atoms with Crippen molar-refractivity contribution in [3.05, 3.63) is 28.7 Å². The number of anilines is 1. The predicted octanol–water partition coefficient (Wildman–Crippen LogP) is 5.13. The largest absolute Gasteiger partial charge is 0.339 e. The van der Waals surface area contributed by atoms with Crippen LogP contribution in [0, 0.1) is 0 Å². The van der Waals surface area contributed by atoms with Crippen molar-refractivity contribution in [3.63, 3.8) is 0 Å². The van der Waals surface area contributed by atoms with Crippen molar-refractivity contribution in [2.24, 2.45) is 0 Å². The minimum atomic E-state index is -1.74. The van der Waals surface area contributed by atoms with Gasteiger partial charge in [-0.3, -0.25) is 4.79 Å². The molecule has 0 radical (unpaired) electrons. The van der Waals surface area contributed by atoms with E-state index in [0.29, 0.717) is 6.42 Å². The number of benzene rings is 1. The molecule has 0 saturated carbocycles. The lowest BCUT2D eigenvalue weighted by atomic mass is 10.2. The summed E-state index contributed by atoms with van der Waals surface area (Å²) < 4.78 is -0.795. The number of carbonyl (C=O) groups excluding carboxylic acids is 1. The molecule has 9 heteroatoms. The van der Waals surface area contributed by atoms with Crippen LogP contribution in [0.15, 0.2) is 28.7 Å². The van der Waals surface area contributed by atoms with E-state index in [1.54, 1.807) is 0 Å². The molecule has 0 heterocycles. The van der Waals surface area contributed by atoms with Crippen LogP contribution in [0.3, 0.4) is 0 Å². The van der Waals surface area contributed by atoms with Gasteiger partial charge in [-0.2, -0.15) is 0 Å². The molecular weight excluding hydrogens is 457 g/mol. The molecule has 1 rings (SSSR count). The fraction of sp³-hybridized carbons (Fsp3) is 0.467. The summed E-state index contributed by atoms with van der Waals surface area (Å²) in [6.07, 6.45) is 2.23. The summed E-state index contributed by atoms with van der Waals surface area (Å²) in [4.78, 5) is 12.0. The Kier molecular flexibility index (Phi) is 9.67. The predicted molar refractivity (Wildman–Crippen MR) is 110 cm³/mol. The Morgan fingerprint density at radius 3 is 2.38 bits per heavy atom. The third-order valence-electron chi connectivity index (χ3n) is 3.02. The zero-order valence-corrected chi connectivity index (χ0v) is 17.7. The van der Waals surface area contributed by atoms with Crippen LogP contribution in [0.1, 0.15) is 32.6 Å². The normalized spacial score (nSPS) is 12.4. The van der Waals surface area contributed by atoms with E-state index in [1.807, 2.05) is 24.3 Å². The fourth-order valence-corrected chi connectivity index (χ4v) is 2.63. The molecule has 1 aromatic carbocycles. The molecule has 1 aromatic rings. The molecule has 4 nitrogen and oxygen atoms in total. The Hall–Kier alpha value is -0.270. The highest BCUT2D eigenvalue weighted by Gasteiger charge is 2.34. The van der Waals surface area contributed by atoms with Crippen molar-refractivity contribution in [1.82, 2.24) is 10.6 Å². The maximum absolute atomic E-state index is 12.0. The van der Waals surface area contributed by atoms with E-state index in [9.17, 15) is 4.79 Å². The number of amides is 1. The molecule has 0 aliphatic rings. The van der Waals surface area contributed by atoms with Crippen LogP contribution in [0.2, 0.25) is 0 Å². The van der Waals surface area contributed by atoms with Gasteiger partial charge in [-0.1, -0.05) is 70.5 Å². The van der Waals surface area contributed by atoms with Crippen molar-refractivity contribution in [2.45, 2.75) is 42.6 Å². The first-order valence-electron chi connectivity index (χ1n) is 7.41. The third-order valence-corrected chi connectivity index (χ3v) is 4.42. The van der Waals surface area contributed by atoms with Crippen LogP contribution < -0.4 is 16.0 Å². The SMILES string of the molecule is CCCCCC(=O)NC(NC(=S)Nc1ccc(Br)cc1)C(Cl)(Cl)Cl. The Labute approximate surface area is 171 Å². The molecule has 0 fully saturated rings. The van der Waals surface area contributed by atoms with Crippen LogP contribution in [-0.2, 0) is 4.79 Å². The van der Waals surface area contributed by atoms with Crippen molar-refractivity contribution in [3.8, 4) is 0 Å². The number of carbonyl (C=O) groups is 1. The van der Waals surface area contributed by atoms with Crippen LogP contribution in [0.25, 0.3) is 0 Å². The van der Waals surface area contributed by atoms with Gasteiger partial charge in [0.1, 0.15) is 6.17 Å². The van der Waals surface area contributed by atoms with E-state index < -0.39 is 9.96 Å². The smallest absolute Gasteiger partial charge is 0.228 e. The van der Waals surface area contributed by atoms with Crippen LogP contribution >= 0.6 is 63.0 Å². The molecule has 1 atom stereocenters. The zero-order valence-electron chi connectivity index (χ0n) is 13.0. The standard InChI is InChI=1S/C15H19BrCl3N3OS/c1-2-3-4-5-12(23)21-13(15(17,18)19)22-14(24)20-11-8-6-10(16)7-9-11/h6-9,13H,2-5H2,1H3,(H,21,23)(H2,20,22,24). The quantitative estimate of drug-likeness (QED) is 0.222. The summed E-state index contributed by atoms with van der Waals surface area (Å²) in [6, 6.07) is 7.41. The van der Waals surface area contributed by atoms with E-state index in [4.69, 9.17) is 47.0 Å². The van der Waals surface area contributed by atoms with E-state index in [1.165, 1.54) is 0 Å². The highest BCUT2D eigenvalue weighted by Crippen LogP contribution is 2.29. The molecule has 3 N–H and O–H groups in total. The molecule has 0 aromatic heterocycles. The van der Waals surface area contributed by atoms with Gasteiger partial charge < -0.3 is 16.0 Å². The molecule has 1 amide bonds. The lowest BCUT2D eigenvalue weighted by Crippen LogP contribution is -2.56. The highest BCUT2D eigenvalue weighted by molar-refractivity contribution is 9.10. The molecule has 0 bridgehead atoms. The summed E-state index contributed by atoms with van der Waals surface area (Å²) in [5.41, 5.74) is 0.771. The van der Waals surface area contributed by atoms with Gasteiger partial charge in [0.2, 0.25) is 9.70 Å². The van der Waals surface area contributed by atoms with E-state index >= 15 is 0 Å². The average Bonchev–Trinajstić information content (AvgIpc) is 2.48. The molecule has 134 valence electrons. The van der Waals surface area contributed by atoms with Crippen LogP contribution in [0.5, 0.6) is 0 Å². The summed E-state index contributed by atoms with van der Waals surface area (Å²) in [6.45, 7) is 2.07.